The Morgan fingerprint density at radius 2 is 2.14 bits per heavy atom. The first-order chi connectivity index (χ1) is 10.0. The summed E-state index contributed by atoms with van der Waals surface area (Å²) in [6.07, 6.45) is 0. The summed E-state index contributed by atoms with van der Waals surface area (Å²) in [7, 11) is 0. The lowest BCUT2D eigenvalue weighted by Gasteiger charge is -2.12. The lowest BCUT2D eigenvalue weighted by molar-refractivity contribution is 0.0691. The number of nitrogens with zero attached hydrogens (tertiary/aromatic N) is 1. The van der Waals surface area contributed by atoms with Gasteiger partial charge in [-0.1, -0.05) is 18.2 Å². The second-order valence-corrected chi connectivity index (χ2v) is 4.46. The molecular formula is C16H12FNO3. The molecule has 0 bridgehead atoms. The number of benzene rings is 2. The minimum atomic E-state index is -1.10. The maximum atomic E-state index is 13.8. The van der Waals surface area contributed by atoms with Gasteiger partial charge in [-0.3, -0.25) is 0 Å². The molecule has 0 aromatic heterocycles. The highest BCUT2D eigenvalue weighted by molar-refractivity contribution is 5.91. The van der Waals surface area contributed by atoms with E-state index in [9.17, 15) is 9.18 Å². The predicted octanol–water partition coefficient (Wildman–Crippen LogP) is 3.28. The summed E-state index contributed by atoms with van der Waals surface area (Å²) in [5.41, 5.74) is 1.17. The Morgan fingerprint density at radius 3 is 2.76 bits per heavy atom. The molecule has 0 aliphatic carbocycles. The van der Waals surface area contributed by atoms with Crippen LogP contribution in [-0.2, 0) is 6.61 Å². The van der Waals surface area contributed by atoms with Crippen LogP contribution in [0.3, 0.4) is 0 Å². The predicted molar refractivity (Wildman–Crippen MR) is 73.6 cm³/mol. The topological polar surface area (TPSA) is 70.3 Å². The molecule has 4 nitrogen and oxygen atoms in total. The van der Waals surface area contributed by atoms with E-state index in [1.165, 1.54) is 18.2 Å². The number of hydrogen-bond acceptors (Lipinski definition) is 3. The molecule has 2 aromatic rings. The summed E-state index contributed by atoms with van der Waals surface area (Å²) >= 11 is 0. The van der Waals surface area contributed by atoms with Crippen LogP contribution in [0.25, 0.3) is 0 Å². The van der Waals surface area contributed by atoms with Crippen LogP contribution in [0.4, 0.5) is 4.39 Å². The first-order valence-electron chi connectivity index (χ1n) is 6.17. The number of hydrogen-bond donors (Lipinski definition) is 1. The zero-order valence-electron chi connectivity index (χ0n) is 11.3. The summed E-state index contributed by atoms with van der Waals surface area (Å²) in [4.78, 5) is 11.1. The van der Waals surface area contributed by atoms with Gasteiger partial charge in [-0.2, -0.15) is 5.26 Å². The van der Waals surface area contributed by atoms with Crippen molar-refractivity contribution in [2.45, 2.75) is 13.5 Å². The molecule has 0 atom stereocenters. The molecular weight excluding hydrogens is 273 g/mol. The van der Waals surface area contributed by atoms with E-state index in [0.29, 0.717) is 5.56 Å². The van der Waals surface area contributed by atoms with Gasteiger partial charge in [0.05, 0.1) is 11.6 Å². The number of carboxylic acid groups (broad SMARTS) is 1. The number of carboxylic acids is 1. The van der Waals surface area contributed by atoms with Crippen LogP contribution in [0.5, 0.6) is 5.75 Å². The van der Waals surface area contributed by atoms with Crippen molar-refractivity contribution in [3.8, 4) is 11.8 Å². The smallest absolute Gasteiger partial charge is 0.339 e. The molecule has 0 radical (unpaired) electrons. The quantitative estimate of drug-likeness (QED) is 0.935. The fraction of sp³-hybridized carbons (Fsp3) is 0.125. The lowest BCUT2D eigenvalue weighted by Crippen LogP contribution is -2.06. The zero-order chi connectivity index (χ0) is 15.4. The van der Waals surface area contributed by atoms with Crippen LogP contribution in [0.2, 0.25) is 0 Å². The van der Waals surface area contributed by atoms with Crippen LogP contribution in [0.15, 0.2) is 36.4 Å². The molecule has 0 aliphatic rings. The fourth-order valence-electron chi connectivity index (χ4n) is 1.90. The third-order valence-electron chi connectivity index (χ3n) is 3.00. The second-order valence-electron chi connectivity index (χ2n) is 4.46. The van der Waals surface area contributed by atoms with Gasteiger partial charge in [0, 0.05) is 5.56 Å². The van der Waals surface area contributed by atoms with Crippen LogP contribution in [0.1, 0.15) is 27.0 Å². The van der Waals surface area contributed by atoms with E-state index in [0.717, 1.165) is 6.07 Å². The highest BCUT2D eigenvalue weighted by Gasteiger charge is 2.14. The standard InChI is InChI=1S/C16H12FNO3/c1-10-3-2-4-13(16(19)20)15(10)21-9-12-6-5-11(8-18)7-14(12)17/h2-7H,9H2,1H3,(H,19,20). The Kier molecular flexibility index (Phi) is 4.19. The van der Waals surface area contributed by atoms with Gasteiger partial charge < -0.3 is 9.84 Å². The van der Waals surface area contributed by atoms with Gasteiger partial charge in [-0.25, -0.2) is 9.18 Å². The zero-order valence-corrected chi connectivity index (χ0v) is 11.3. The maximum absolute atomic E-state index is 13.8. The molecule has 0 fully saturated rings. The van der Waals surface area contributed by atoms with E-state index in [2.05, 4.69) is 0 Å². The summed E-state index contributed by atoms with van der Waals surface area (Å²) in [5, 5.41) is 17.8. The molecule has 0 heterocycles. The summed E-state index contributed by atoms with van der Waals surface area (Å²) in [5.74, 6) is -1.44. The lowest BCUT2D eigenvalue weighted by atomic mass is 10.1. The highest BCUT2D eigenvalue weighted by Crippen LogP contribution is 2.25. The minimum Gasteiger partial charge on any atom is -0.488 e. The molecule has 0 saturated heterocycles. The number of aryl methyl sites for hydroxylation is 1. The molecule has 0 spiro atoms. The van der Waals surface area contributed by atoms with Gasteiger partial charge in [0.1, 0.15) is 23.7 Å². The second kappa shape index (κ2) is 6.06. The van der Waals surface area contributed by atoms with Crippen LogP contribution in [0, 0.1) is 24.1 Å². The van der Waals surface area contributed by atoms with Crippen LogP contribution >= 0.6 is 0 Å². The van der Waals surface area contributed by atoms with Crippen molar-refractivity contribution < 1.29 is 19.0 Å². The monoisotopic (exact) mass is 285 g/mol. The Bertz CT molecular complexity index is 735. The first-order valence-corrected chi connectivity index (χ1v) is 6.17. The Balaban J connectivity index is 2.25. The van der Waals surface area contributed by atoms with Gasteiger partial charge in [-0.05, 0) is 30.7 Å². The number of ether oxygens (including phenoxy) is 1. The third-order valence-corrected chi connectivity index (χ3v) is 3.00. The fourth-order valence-corrected chi connectivity index (χ4v) is 1.90. The van der Waals surface area contributed by atoms with E-state index in [1.54, 1.807) is 19.1 Å². The Labute approximate surface area is 121 Å². The number of aromatic carboxylic acids is 1. The molecule has 0 unspecified atom stereocenters. The van der Waals surface area contributed by atoms with E-state index < -0.39 is 11.8 Å². The van der Waals surface area contributed by atoms with Gasteiger partial charge in [-0.15, -0.1) is 0 Å². The average molecular weight is 285 g/mol. The number of carbonyl (C=O) groups is 1. The van der Waals surface area contributed by atoms with Crippen molar-refractivity contribution >= 4 is 5.97 Å². The van der Waals surface area contributed by atoms with Crippen molar-refractivity contribution in [1.29, 1.82) is 5.26 Å². The summed E-state index contributed by atoms with van der Waals surface area (Å²) in [6.45, 7) is 1.61. The van der Waals surface area contributed by atoms with Crippen molar-refractivity contribution in [3.05, 3.63) is 64.5 Å². The Hall–Kier alpha value is -2.87. The largest absolute Gasteiger partial charge is 0.488 e. The van der Waals surface area contributed by atoms with Gasteiger partial charge in [0.2, 0.25) is 0 Å². The molecule has 0 aliphatic heterocycles. The van der Waals surface area contributed by atoms with Gasteiger partial charge in [0.25, 0.3) is 0 Å². The summed E-state index contributed by atoms with van der Waals surface area (Å²) < 4.78 is 19.2. The normalized spacial score (nSPS) is 9.95. The first kappa shape index (κ1) is 14.5. The third kappa shape index (κ3) is 3.18. The van der Waals surface area contributed by atoms with E-state index in [4.69, 9.17) is 15.1 Å². The van der Waals surface area contributed by atoms with Crippen molar-refractivity contribution in [2.75, 3.05) is 0 Å². The Morgan fingerprint density at radius 1 is 1.38 bits per heavy atom. The molecule has 21 heavy (non-hydrogen) atoms. The van der Waals surface area contributed by atoms with E-state index in [-0.39, 0.29) is 29.0 Å². The molecule has 2 aromatic carbocycles. The van der Waals surface area contributed by atoms with Crippen LogP contribution in [-0.4, -0.2) is 11.1 Å². The minimum absolute atomic E-state index is 0.0315. The molecule has 0 amide bonds. The number of rotatable bonds is 4. The molecule has 1 N–H and O–H groups in total. The van der Waals surface area contributed by atoms with E-state index >= 15 is 0 Å². The maximum Gasteiger partial charge on any atom is 0.339 e. The van der Waals surface area contributed by atoms with Gasteiger partial charge in [0.15, 0.2) is 0 Å². The molecule has 106 valence electrons. The SMILES string of the molecule is Cc1cccc(C(=O)O)c1OCc1ccc(C#N)cc1F. The number of para-hydroxylation sites is 1. The molecule has 5 heteroatoms. The number of nitriles is 1. The van der Waals surface area contributed by atoms with E-state index in [1.807, 2.05) is 6.07 Å². The van der Waals surface area contributed by atoms with Crippen molar-refractivity contribution in [3.63, 3.8) is 0 Å². The molecule has 0 saturated carbocycles. The van der Waals surface area contributed by atoms with Crippen molar-refractivity contribution in [1.82, 2.24) is 0 Å². The van der Waals surface area contributed by atoms with Crippen molar-refractivity contribution in [2.24, 2.45) is 0 Å². The van der Waals surface area contributed by atoms with Gasteiger partial charge >= 0.3 is 5.97 Å². The molecule has 2 rings (SSSR count). The highest BCUT2D eigenvalue weighted by atomic mass is 19.1. The summed E-state index contributed by atoms with van der Waals surface area (Å²) in [6, 6.07) is 10.7. The average Bonchev–Trinajstić information content (AvgIpc) is 2.46. The van der Waals surface area contributed by atoms with Crippen LogP contribution < -0.4 is 4.74 Å². The number of halogens is 1.